The van der Waals surface area contributed by atoms with Crippen LogP contribution in [0.3, 0.4) is 0 Å². The van der Waals surface area contributed by atoms with Gasteiger partial charge in [0.15, 0.2) is 5.16 Å². The average molecular weight is 402 g/mol. The number of carbonyl (C=O) groups is 1. The van der Waals surface area contributed by atoms with Crippen LogP contribution in [0.25, 0.3) is 21.3 Å². The van der Waals surface area contributed by atoms with E-state index in [0.717, 1.165) is 16.0 Å². The van der Waals surface area contributed by atoms with E-state index in [-0.39, 0.29) is 17.2 Å². The number of aromatic nitrogens is 2. The average Bonchev–Trinajstić information content (AvgIpc) is 3.12. The maximum atomic E-state index is 13.1. The van der Waals surface area contributed by atoms with E-state index in [1.807, 2.05) is 56.5 Å². The molecule has 0 bridgehead atoms. The molecule has 3 aromatic rings. The van der Waals surface area contributed by atoms with Crippen molar-refractivity contribution in [3.63, 3.8) is 0 Å². The molecular weight excluding hydrogens is 378 g/mol. The molecule has 5 nitrogen and oxygen atoms in total. The predicted octanol–water partition coefficient (Wildman–Crippen LogP) is 4.11. The van der Waals surface area contributed by atoms with Gasteiger partial charge in [0.1, 0.15) is 4.83 Å². The van der Waals surface area contributed by atoms with Crippen LogP contribution in [-0.2, 0) is 11.3 Å². The van der Waals surface area contributed by atoms with Gasteiger partial charge in [0.05, 0.1) is 11.1 Å². The molecule has 2 aromatic heterocycles. The normalized spacial score (nSPS) is 11.1. The van der Waals surface area contributed by atoms with E-state index in [9.17, 15) is 9.59 Å². The van der Waals surface area contributed by atoms with Crippen molar-refractivity contribution in [2.75, 3.05) is 18.8 Å². The second kappa shape index (κ2) is 8.71. The van der Waals surface area contributed by atoms with Crippen molar-refractivity contribution >= 4 is 39.2 Å². The van der Waals surface area contributed by atoms with E-state index in [4.69, 9.17) is 4.98 Å². The lowest BCUT2D eigenvalue weighted by atomic mass is 10.1. The number of fused-ring (bicyclic) bond motifs is 1. The summed E-state index contributed by atoms with van der Waals surface area (Å²) >= 11 is 2.81. The summed E-state index contributed by atoms with van der Waals surface area (Å²) in [7, 11) is 0. The molecule has 1 aromatic carbocycles. The highest BCUT2D eigenvalue weighted by Crippen LogP contribution is 2.32. The summed E-state index contributed by atoms with van der Waals surface area (Å²) in [4.78, 5) is 32.7. The van der Waals surface area contributed by atoms with Gasteiger partial charge in [-0.15, -0.1) is 11.3 Å². The molecule has 0 unspecified atom stereocenters. The first-order valence-electron chi connectivity index (χ1n) is 9.08. The minimum absolute atomic E-state index is 0.0413. The molecule has 0 radical (unpaired) electrons. The molecule has 0 aliphatic rings. The zero-order valence-corrected chi connectivity index (χ0v) is 17.4. The molecule has 1 amide bonds. The molecule has 0 fully saturated rings. The first-order chi connectivity index (χ1) is 13.1. The number of hydrogen-bond donors (Lipinski definition) is 0. The maximum absolute atomic E-state index is 13.1. The fraction of sp³-hybridized carbons (Fsp3) is 0.350. The van der Waals surface area contributed by atoms with Gasteiger partial charge in [-0.25, -0.2) is 4.98 Å². The monoisotopic (exact) mass is 401 g/mol. The molecule has 0 spiro atoms. The molecule has 0 aliphatic carbocycles. The highest BCUT2D eigenvalue weighted by molar-refractivity contribution is 7.99. The summed E-state index contributed by atoms with van der Waals surface area (Å²) in [6.07, 6.45) is 0. The highest BCUT2D eigenvalue weighted by Gasteiger charge is 2.18. The third kappa shape index (κ3) is 3.94. The van der Waals surface area contributed by atoms with Gasteiger partial charge >= 0.3 is 0 Å². The van der Waals surface area contributed by atoms with Crippen LogP contribution in [0.4, 0.5) is 0 Å². The van der Waals surface area contributed by atoms with E-state index in [2.05, 4.69) is 0 Å². The third-order valence-electron chi connectivity index (χ3n) is 4.50. The topological polar surface area (TPSA) is 55.2 Å². The number of amides is 1. The molecule has 0 saturated carbocycles. The fourth-order valence-electron chi connectivity index (χ4n) is 3.02. The van der Waals surface area contributed by atoms with Crippen LogP contribution in [0, 0.1) is 0 Å². The highest BCUT2D eigenvalue weighted by atomic mass is 32.2. The lowest BCUT2D eigenvalue weighted by Gasteiger charge is -2.18. The van der Waals surface area contributed by atoms with Gasteiger partial charge in [-0.1, -0.05) is 42.1 Å². The molecule has 142 valence electrons. The van der Waals surface area contributed by atoms with Crippen molar-refractivity contribution < 1.29 is 4.79 Å². The second-order valence-corrected chi connectivity index (χ2v) is 7.79. The summed E-state index contributed by atoms with van der Waals surface area (Å²) in [5.74, 6) is 0.356. The summed E-state index contributed by atoms with van der Waals surface area (Å²) < 4.78 is 1.67. The third-order valence-corrected chi connectivity index (χ3v) is 6.33. The standard InChI is InChI=1S/C20H23N3O2S2/c1-4-22(5-2)16(24)13-27-20-21-18-17(19(25)23(20)6-3)15(12-26-18)14-10-8-7-9-11-14/h7-12H,4-6,13H2,1-3H3. The van der Waals surface area contributed by atoms with Gasteiger partial charge in [-0.05, 0) is 26.3 Å². The Morgan fingerprint density at radius 1 is 1.19 bits per heavy atom. The Hall–Kier alpha value is -2.12. The molecule has 3 rings (SSSR count). The van der Waals surface area contributed by atoms with Crippen LogP contribution in [0.1, 0.15) is 20.8 Å². The number of hydrogen-bond acceptors (Lipinski definition) is 5. The summed E-state index contributed by atoms with van der Waals surface area (Å²) in [5, 5.41) is 3.26. The smallest absolute Gasteiger partial charge is 0.263 e. The Kier molecular flexibility index (Phi) is 6.34. The minimum Gasteiger partial charge on any atom is -0.343 e. The second-order valence-electron chi connectivity index (χ2n) is 5.99. The van der Waals surface area contributed by atoms with E-state index >= 15 is 0 Å². The number of thioether (sulfide) groups is 1. The Morgan fingerprint density at radius 2 is 1.89 bits per heavy atom. The van der Waals surface area contributed by atoms with E-state index < -0.39 is 0 Å². The number of nitrogens with zero attached hydrogens (tertiary/aromatic N) is 3. The molecular formula is C20H23N3O2S2. The maximum Gasteiger partial charge on any atom is 0.263 e. The number of rotatable bonds is 7. The van der Waals surface area contributed by atoms with Crippen LogP contribution < -0.4 is 5.56 Å². The molecule has 0 N–H and O–H groups in total. The van der Waals surface area contributed by atoms with Crippen molar-refractivity contribution in [2.24, 2.45) is 0 Å². The van der Waals surface area contributed by atoms with Crippen LogP contribution in [-0.4, -0.2) is 39.2 Å². The summed E-state index contributed by atoms with van der Waals surface area (Å²) in [6.45, 7) is 7.76. The van der Waals surface area contributed by atoms with Gasteiger partial charge in [-0.2, -0.15) is 0 Å². The number of benzene rings is 1. The lowest BCUT2D eigenvalue weighted by Crippen LogP contribution is -2.32. The molecule has 0 atom stereocenters. The van der Waals surface area contributed by atoms with Crippen LogP contribution in [0.15, 0.2) is 45.7 Å². The minimum atomic E-state index is -0.0413. The molecule has 27 heavy (non-hydrogen) atoms. The largest absolute Gasteiger partial charge is 0.343 e. The van der Waals surface area contributed by atoms with Gasteiger partial charge in [0, 0.05) is 30.6 Å². The molecule has 7 heteroatoms. The van der Waals surface area contributed by atoms with Crippen LogP contribution in [0.5, 0.6) is 0 Å². The van der Waals surface area contributed by atoms with Gasteiger partial charge in [0.2, 0.25) is 5.91 Å². The summed E-state index contributed by atoms with van der Waals surface area (Å²) in [5.41, 5.74) is 1.90. The van der Waals surface area contributed by atoms with E-state index in [1.165, 1.54) is 23.1 Å². The van der Waals surface area contributed by atoms with Crippen molar-refractivity contribution in [3.8, 4) is 11.1 Å². The van der Waals surface area contributed by atoms with Gasteiger partial charge in [-0.3, -0.25) is 14.2 Å². The van der Waals surface area contributed by atoms with Crippen molar-refractivity contribution in [2.45, 2.75) is 32.5 Å². The molecule has 2 heterocycles. The number of thiophene rings is 1. The Bertz CT molecular complexity index is 992. The quantitative estimate of drug-likeness (QED) is 0.442. The summed E-state index contributed by atoms with van der Waals surface area (Å²) in [6, 6.07) is 9.90. The van der Waals surface area contributed by atoms with Gasteiger partial charge in [0.25, 0.3) is 5.56 Å². The zero-order valence-electron chi connectivity index (χ0n) is 15.8. The fourth-order valence-corrected chi connectivity index (χ4v) is 4.97. The van der Waals surface area contributed by atoms with Crippen LogP contribution in [0.2, 0.25) is 0 Å². The Balaban J connectivity index is 1.99. The van der Waals surface area contributed by atoms with Crippen molar-refractivity contribution in [1.29, 1.82) is 0 Å². The molecule has 0 aliphatic heterocycles. The Morgan fingerprint density at radius 3 is 2.52 bits per heavy atom. The first kappa shape index (κ1) is 19.6. The van der Waals surface area contributed by atoms with E-state index in [0.29, 0.717) is 30.2 Å². The van der Waals surface area contributed by atoms with Crippen molar-refractivity contribution in [3.05, 3.63) is 46.1 Å². The predicted molar refractivity (Wildman–Crippen MR) is 114 cm³/mol. The van der Waals surface area contributed by atoms with Crippen LogP contribution >= 0.6 is 23.1 Å². The first-order valence-corrected chi connectivity index (χ1v) is 10.9. The Labute approximate surface area is 167 Å². The zero-order chi connectivity index (χ0) is 19.4. The SMILES string of the molecule is CCN(CC)C(=O)CSc1nc2scc(-c3ccccc3)c2c(=O)n1CC. The lowest BCUT2D eigenvalue weighted by molar-refractivity contribution is -0.127. The van der Waals surface area contributed by atoms with Gasteiger partial charge < -0.3 is 4.90 Å². The van der Waals surface area contributed by atoms with Crippen molar-refractivity contribution in [1.82, 2.24) is 14.5 Å². The molecule has 0 saturated heterocycles. The van der Waals surface area contributed by atoms with E-state index in [1.54, 1.807) is 9.47 Å². The number of carbonyl (C=O) groups excluding carboxylic acids is 1.